The first-order valence-corrected chi connectivity index (χ1v) is 12.0. The molecule has 33 heavy (non-hydrogen) atoms. The highest BCUT2D eigenvalue weighted by Crippen LogP contribution is 2.34. The first kappa shape index (κ1) is 21.8. The molecule has 0 saturated carbocycles. The molecular weight excluding hydrogens is 479 g/mol. The maximum absolute atomic E-state index is 12.6. The summed E-state index contributed by atoms with van der Waals surface area (Å²) in [7, 11) is 0. The Morgan fingerprint density at radius 3 is 2.42 bits per heavy atom. The number of aromatic nitrogens is 4. The van der Waals surface area contributed by atoms with Crippen LogP contribution in [-0.4, -0.2) is 56.9 Å². The number of anilines is 1. The number of carbonyl (C=O) groups excluding carboxylic acids is 1. The third-order valence-corrected chi connectivity index (χ3v) is 6.59. The first-order chi connectivity index (χ1) is 16.1. The summed E-state index contributed by atoms with van der Waals surface area (Å²) in [6.45, 7) is 2.47. The molecule has 0 radical (unpaired) electrons. The average molecular weight is 497 g/mol. The van der Waals surface area contributed by atoms with Crippen molar-refractivity contribution in [2.45, 2.75) is 0 Å². The lowest BCUT2D eigenvalue weighted by Gasteiger charge is -2.35. The maximum atomic E-state index is 12.6. The van der Waals surface area contributed by atoms with Gasteiger partial charge in [0.15, 0.2) is 0 Å². The topological polar surface area (TPSA) is 75.1 Å². The van der Waals surface area contributed by atoms with E-state index in [0.717, 1.165) is 16.9 Å². The summed E-state index contributed by atoms with van der Waals surface area (Å²) in [6, 6.07) is 9.30. The van der Waals surface area contributed by atoms with Gasteiger partial charge < -0.3 is 9.80 Å². The van der Waals surface area contributed by atoms with E-state index in [1.54, 1.807) is 29.5 Å². The zero-order valence-corrected chi connectivity index (χ0v) is 19.7. The van der Waals surface area contributed by atoms with Crippen LogP contribution in [0.4, 0.5) is 5.82 Å². The standard InChI is InChI=1S/C23H18Cl2N6OS/c24-16-3-1-15(2-4-16)21-22(17-5-6-26-11-18(17)25)29-20(12-27-21)30-7-9-31(10-8-30)23(32)19-13-33-14-28-19/h1-6,11-14H,7-10H2. The fourth-order valence-electron chi connectivity index (χ4n) is 3.72. The lowest BCUT2D eigenvalue weighted by molar-refractivity contribution is 0.0741. The van der Waals surface area contributed by atoms with E-state index in [1.807, 2.05) is 35.2 Å². The van der Waals surface area contributed by atoms with Crippen LogP contribution in [0.5, 0.6) is 0 Å². The number of thiazole rings is 1. The van der Waals surface area contributed by atoms with Crippen molar-refractivity contribution in [3.8, 4) is 22.5 Å². The van der Waals surface area contributed by atoms with Crippen molar-refractivity contribution in [2.24, 2.45) is 0 Å². The molecule has 0 bridgehead atoms. The number of amides is 1. The molecule has 0 spiro atoms. The molecule has 1 aromatic carbocycles. The second-order valence-corrected chi connectivity index (χ2v) is 9.00. The van der Waals surface area contributed by atoms with E-state index >= 15 is 0 Å². The highest BCUT2D eigenvalue weighted by atomic mass is 35.5. The number of nitrogens with zero attached hydrogens (tertiary/aromatic N) is 6. The summed E-state index contributed by atoms with van der Waals surface area (Å²) in [4.78, 5) is 34.5. The third kappa shape index (κ3) is 4.55. The average Bonchev–Trinajstić information content (AvgIpc) is 3.39. The maximum Gasteiger partial charge on any atom is 0.273 e. The monoisotopic (exact) mass is 496 g/mol. The van der Waals surface area contributed by atoms with Crippen LogP contribution in [-0.2, 0) is 0 Å². The Bertz CT molecular complexity index is 1270. The van der Waals surface area contributed by atoms with Crippen molar-refractivity contribution in [1.82, 2.24) is 24.8 Å². The Morgan fingerprint density at radius 1 is 0.939 bits per heavy atom. The van der Waals surface area contributed by atoms with Crippen molar-refractivity contribution >= 4 is 46.3 Å². The molecule has 1 amide bonds. The molecule has 5 rings (SSSR count). The van der Waals surface area contributed by atoms with E-state index in [4.69, 9.17) is 33.2 Å². The van der Waals surface area contributed by atoms with Crippen molar-refractivity contribution in [1.29, 1.82) is 0 Å². The van der Waals surface area contributed by atoms with E-state index < -0.39 is 0 Å². The molecule has 1 aliphatic heterocycles. The van der Waals surface area contributed by atoms with Crippen LogP contribution in [0.3, 0.4) is 0 Å². The Hall–Kier alpha value is -3.07. The quantitative estimate of drug-likeness (QED) is 0.398. The Balaban J connectivity index is 1.45. The van der Waals surface area contributed by atoms with Crippen LogP contribution in [0.25, 0.3) is 22.5 Å². The summed E-state index contributed by atoms with van der Waals surface area (Å²) in [5, 5.41) is 2.93. The molecule has 0 unspecified atom stereocenters. The number of pyridine rings is 1. The molecule has 1 aliphatic rings. The van der Waals surface area contributed by atoms with E-state index in [0.29, 0.717) is 53.3 Å². The molecule has 166 valence electrons. The lowest BCUT2D eigenvalue weighted by atomic mass is 10.0. The van der Waals surface area contributed by atoms with Crippen molar-refractivity contribution < 1.29 is 4.79 Å². The molecule has 7 nitrogen and oxygen atoms in total. The molecule has 0 atom stereocenters. The number of halogens is 2. The van der Waals surface area contributed by atoms with Gasteiger partial charge in [-0.3, -0.25) is 14.8 Å². The largest absolute Gasteiger partial charge is 0.352 e. The van der Waals surface area contributed by atoms with Gasteiger partial charge in [0.25, 0.3) is 5.91 Å². The van der Waals surface area contributed by atoms with Crippen molar-refractivity contribution in [3.05, 3.63) is 75.6 Å². The van der Waals surface area contributed by atoms with Gasteiger partial charge >= 0.3 is 0 Å². The van der Waals surface area contributed by atoms with Gasteiger partial charge in [-0.1, -0.05) is 35.3 Å². The van der Waals surface area contributed by atoms with Gasteiger partial charge in [0, 0.05) is 60.1 Å². The van der Waals surface area contributed by atoms with Crippen LogP contribution in [0.15, 0.2) is 59.8 Å². The van der Waals surface area contributed by atoms with Crippen molar-refractivity contribution in [3.63, 3.8) is 0 Å². The van der Waals surface area contributed by atoms with Gasteiger partial charge in [0.1, 0.15) is 17.2 Å². The zero-order valence-electron chi connectivity index (χ0n) is 17.4. The summed E-state index contributed by atoms with van der Waals surface area (Å²) in [6.07, 6.45) is 5.05. The Morgan fingerprint density at radius 2 is 1.73 bits per heavy atom. The Labute approximate surface area is 204 Å². The number of piperazine rings is 1. The SMILES string of the molecule is O=C(c1cscn1)N1CCN(c2cnc(-c3ccc(Cl)cc3)c(-c3ccncc3Cl)n2)CC1. The fraction of sp³-hybridized carbons (Fsp3) is 0.174. The molecule has 3 aromatic heterocycles. The van der Waals surface area contributed by atoms with Crippen LogP contribution >= 0.6 is 34.5 Å². The van der Waals surface area contributed by atoms with Crippen LogP contribution < -0.4 is 4.90 Å². The molecule has 0 aliphatic carbocycles. The van der Waals surface area contributed by atoms with Gasteiger partial charge in [-0.05, 0) is 18.2 Å². The molecule has 10 heteroatoms. The predicted octanol–water partition coefficient (Wildman–Crippen LogP) is 4.93. The molecule has 0 N–H and O–H groups in total. The van der Waals surface area contributed by atoms with Crippen LogP contribution in [0, 0.1) is 0 Å². The Kier molecular flexibility index (Phi) is 6.22. The second-order valence-electron chi connectivity index (χ2n) is 7.44. The molecule has 4 heterocycles. The lowest BCUT2D eigenvalue weighted by Crippen LogP contribution is -2.49. The summed E-state index contributed by atoms with van der Waals surface area (Å²) in [5.74, 6) is 0.695. The van der Waals surface area contributed by atoms with E-state index in [9.17, 15) is 4.79 Å². The van der Waals surface area contributed by atoms with E-state index in [-0.39, 0.29) is 5.91 Å². The highest BCUT2D eigenvalue weighted by Gasteiger charge is 2.25. The number of hydrogen-bond acceptors (Lipinski definition) is 7. The first-order valence-electron chi connectivity index (χ1n) is 10.3. The highest BCUT2D eigenvalue weighted by molar-refractivity contribution is 7.07. The van der Waals surface area contributed by atoms with Crippen LogP contribution in [0.1, 0.15) is 10.5 Å². The zero-order chi connectivity index (χ0) is 22.8. The molecule has 1 saturated heterocycles. The van der Waals surface area contributed by atoms with Gasteiger partial charge in [0.2, 0.25) is 0 Å². The molecular formula is C23H18Cl2N6OS. The minimum absolute atomic E-state index is 0.0377. The predicted molar refractivity (Wildman–Crippen MR) is 131 cm³/mol. The van der Waals surface area contributed by atoms with E-state index in [2.05, 4.69) is 14.9 Å². The van der Waals surface area contributed by atoms with Gasteiger partial charge in [-0.2, -0.15) is 0 Å². The van der Waals surface area contributed by atoms with Crippen molar-refractivity contribution in [2.75, 3.05) is 31.1 Å². The van der Waals surface area contributed by atoms with Gasteiger partial charge in [-0.25, -0.2) is 9.97 Å². The van der Waals surface area contributed by atoms with E-state index in [1.165, 1.54) is 11.3 Å². The number of carbonyl (C=O) groups is 1. The third-order valence-electron chi connectivity index (χ3n) is 5.45. The molecule has 4 aromatic rings. The summed E-state index contributed by atoms with van der Waals surface area (Å²) in [5.41, 5.74) is 5.19. The number of benzene rings is 1. The fourth-order valence-corrected chi connectivity index (χ4v) is 4.59. The summed E-state index contributed by atoms with van der Waals surface area (Å²) >= 11 is 14.0. The van der Waals surface area contributed by atoms with Gasteiger partial charge in [-0.15, -0.1) is 11.3 Å². The second kappa shape index (κ2) is 9.43. The number of rotatable bonds is 4. The van der Waals surface area contributed by atoms with Crippen LogP contribution in [0.2, 0.25) is 10.0 Å². The number of hydrogen-bond donors (Lipinski definition) is 0. The minimum atomic E-state index is -0.0377. The van der Waals surface area contributed by atoms with Gasteiger partial charge in [0.05, 0.1) is 22.4 Å². The smallest absolute Gasteiger partial charge is 0.273 e. The molecule has 1 fully saturated rings. The minimum Gasteiger partial charge on any atom is -0.352 e. The summed E-state index contributed by atoms with van der Waals surface area (Å²) < 4.78 is 0. The normalized spacial score (nSPS) is 13.9.